The SMILES string of the molecule is CCCCNCC#N. The molecule has 0 aromatic rings. The maximum atomic E-state index is 8.05. The summed E-state index contributed by atoms with van der Waals surface area (Å²) in [6, 6.07) is 2.02. The van der Waals surface area contributed by atoms with Crippen LogP contribution in [0.1, 0.15) is 19.8 Å². The lowest BCUT2D eigenvalue weighted by Gasteiger charge is -1.93. The molecule has 0 spiro atoms. The van der Waals surface area contributed by atoms with Crippen molar-refractivity contribution in [1.29, 1.82) is 5.26 Å². The quantitative estimate of drug-likeness (QED) is 0.433. The van der Waals surface area contributed by atoms with E-state index >= 15 is 0 Å². The van der Waals surface area contributed by atoms with Crippen LogP contribution < -0.4 is 5.32 Å². The molecule has 2 nitrogen and oxygen atoms in total. The lowest BCUT2D eigenvalue weighted by Crippen LogP contribution is -2.14. The fourth-order valence-electron chi connectivity index (χ4n) is 0.446. The third kappa shape index (κ3) is 5.45. The summed E-state index contributed by atoms with van der Waals surface area (Å²) in [6.45, 7) is 3.60. The van der Waals surface area contributed by atoms with Gasteiger partial charge in [-0.3, -0.25) is 0 Å². The number of nitrogens with one attached hydrogen (secondary N) is 1. The van der Waals surface area contributed by atoms with Crippen LogP contribution in [0.4, 0.5) is 0 Å². The van der Waals surface area contributed by atoms with E-state index < -0.39 is 0 Å². The second-order valence-corrected chi connectivity index (χ2v) is 1.69. The molecule has 46 valence electrons. The zero-order valence-corrected chi connectivity index (χ0v) is 5.28. The molecule has 8 heavy (non-hydrogen) atoms. The summed E-state index contributed by atoms with van der Waals surface area (Å²) >= 11 is 0. The zero-order valence-electron chi connectivity index (χ0n) is 5.28. The molecule has 0 fully saturated rings. The van der Waals surface area contributed by atoms with Gasteiger partial charge in [0.15, 0.2) is 0 Å². The monoisotopic (exact) mass is 112 g/mol. The maximum Gasteiger partial charge on any atom is 0.0840 e. The first-order valence-corrected chi connectivity index (χ1v) is 2.99. The molecule has 0 aliphatic heterocycles. The Bertz CT molecular complexity index is 73.1. The highest BCUT2D eigenvalue weighted by Gasteiger charge is 1.80. The van der Waals surface area contributed by atoms with Gasteiger partial charge in [-0.1, -0.05) is 13.3 Å². The minimum Gasteiger partial charge on any atom is -0.304 e. The van der Waals surface area contributed by atoms with Crippen LogP contribution in [0.2, 0.25) is 0 Å². The van der Waals surface area contributed by atoms with Crippen molar-refractivity contribution in [2.45, 2.75) is 19.8 Å². The summed E-state index contributed by atoms with van der Waals surface area (Å²) in [5, 5.41) is 11.0. The molecule has 0 aromatic carbocycles. The first-order valence-electron chi connectivity index (χ1n) is 2.99. The van der Waals surface area contributed by atoms with Crippen molar-refractivity contribution in [1.82, 2.24) is 5.32 Å². The summed E-state index contributed by atoms with van der Waals surface area (Å²) < 4.78 is 0. The van der Waals surface area contributed by atoms with Gasteiger partial charge in [0.05, 0.1) is 12.6 Å². The Labute approximate surface area is 50.5 Å². The van der Waals surface area contributed by atoms with E-state index in [1.807, 2.05) is 6.07 Å². The van der Waals surface area contributed by atoms with Gasteiger partial charge in [-0.25, -0.2) is 0 Å². The lowest BCUT2D eigenvalue weighted by molar-refractivity contribution is 0.684. The Morgan fingerprint density at radius 2 is 2.38 bits per heavy atom. The molecule has 0 aromatic heterocycles. The average Bonchev–Trinajstić information content (AvgIpc) is 1.81. The zero-order chi connectivity index (χ0) is 6.24. The largest absolute Gasteiger partial charge is 0.304 e. The number of rotatable bonds is 4. The van der Waals surface area contributed by atoms with Crippen LogP contribution in [0.15, 0.2) is 0 Å². The van der Waals surface area contributed by atoms with Gasteiger partial charge in [-0.05, 0) is 13.0 Å². The van der Waals surface area contributed by atoms with E-state index in [9.17, 15) is 0 Å². The van der Waals surface area contributed by atoms with E-state index in [-0.39, 0.29) is 0 Å². The Kier molecular flexibility index (Phi) is 6.01. The van der Waals surface area contributed by atoms with Gasteiger partial charge in [-0.15, -0.1) is 0 Å². The standard InChI is InChI=1S/C6H12N2/c1-2-3-5-8-6-4-7/h8H,2-3,5-6H2,1H3. The Morgan fingerprint density at radius 1 is 1.62 bits per heavy atom. The van der Waals surface area contributed by atoms with Crippen molar-refractivity contribution in [3.63, 3.8) is 0 Å². The number of unbranched alkanes of at least 4 members (excludes halogenated alkanes) is 1. The summed E-state index contributed by atoms with van der Waals surface area (Å²) in [5.41, 5.74) is 0. The third-order valence-electron chi connectivity index (χ3n) is 0.911. The van der Waals surface area contributed by atoms with Crippen LogP contribution in [0, 0.1) is 11.3 Å². The first kappa shape index (κ1) is 7.45. The van der Waals surface area contributed by atoms with E-state index in [2.05, 4.69) is 12.2 Å². The van der Waals surface area contributed by atoms with Gasteiger partial charge in [0.1, 0.15) is 0 Å². The molecule has 0 radical (unpaired) electrons. The van der Waals surface area contributed by atoms with E-state index in [1.54, 1.807) is 0 Å². The number of nitriles is 1. The maximum absolute atomic E-state index is 8.05. The first-order chi connectivity index (χ1) is 3.91. The van der Waals surface area contributed by atoms with Gasteiger partial charge >= 0.3 is 0 Å². The van der Waals surface area contributed by atoms with Gasteiger partial charge in [0.25, 0.3) is 0 Å². The fourth-order valence-corrected chi connectivity index (χ4v) is 0.446. The third-order valence-corrected chi connectivity index (χ3v) is 0.911. The predicted octanol–water partition coefficient (Wildman–Crippen LogP) is 0.900. The molecule has 0 heterocycles. The van der Waals surface area contributed by atoms with Crippen molar-refractivity contribution in [2.75, 3.05) is 13.1 Å². The molecule has 2 heteroatoms. The van der Waals surface area contributed by atoms with Crippen LogP contribution in [0.25, 0.3) is 0 Å². The van der Waals surface area contributed by atoms with Gasteiger partial charge in [0.2, 0.25) is 0 Å². The summed E-state index contributed by atoms with van der Waals surface area (Å²) in [5.74, 6) is 0. The van der Waals surface area contributed by atoms with Gasteiger partial charge in [0, 0.05) is 0 Å². The predicted molar refractivity (Wildman–Crippen MR) is 33.4 cm³/mol. The van der Waals surface area contributed by atoms with Crippen LogP contribution in [-0.4, -0.2) is 13.1 Å². The van der Waals surface area contributed by atoms with Crippen LogP contribution >= 0.6 is 0 Å². The molecule has 1 N–H and O–H groups in total. The highest BCUT2D eigenvalue weighted by Crippen LogP contribution is 1.80. The average molecular weight is 112 g/mol. The topological polar surface area (TPSA) is 35.8 Å². The summed E-state index contributed by atoms with van der Waals surface area (Å²) in [6.07, 6.45) is 2.36. The van der Waals surface area contributed by atoms with E-state index in [0.717, 1.165) is 6.54 Å². The Balaban J connectivity index is 2.65. The van der Waals surface area contributed by atoms with Gasteiger partial charge in [-0.2, -0.15) is 5.26 Å². The normalized spacial score (nSPS) is 8.50. The highest BCUT2D eigenvalue weighted by atomic mass is 14.8. The number of nitrogens with zero attached hydrogens (tertiary/aromatic N) is 1. The lowest BCUT2D eigenvalue weighted by atomic mass is 10.3. The van der Waals surface area contributed by atoms with Crippen molar-refractivity contribution >= 4 is 0 Å². The number of hydrogen-bond donors (Lipinski definition) is 1. The van der Waals surface area contributed by atoms with Gasteiger partial charge < -0.3 is 5.32 Å². The molecule has 0 saturated heterocycles. The van der Waals surface area contributed by atoms with E-state index in [1.165, 1.54) is 12.8 Å². The summed E-state index contributed by atoms with van der Waals surface area (Å²) in [4.78, 5) is 0. The van der Waals surface area contributed by atoms with Crippen LogP contribution in [0.5, 0.6) is 0 Å². The van der Waals surface area contributed by atoms with Crippen molar-refractivity contribution in [2.24, 2.45) is 0 Å². The Hall–Kier alpha value is -0.550. The van der Waals surface area contributed by atoms with Crippen LogP contribution in [0.3, 0.4) is 0 Å². The molecule has 0 unspecified atom stereocenters. The summed E-state index contributed by atoms with van der Waals surface area (Å²) in [7, 11) is 0. The molecule has 0 bridgehead atoms. The van der Waals surface area contributed by atoms with Crippen LogP contribution in [-0.2, 0) is 0 Å². The minimum absolute atomic E-state index is 0.486. The molecule has 0 aliphatic rings. The van der Waals surface area contributed by atoms with E-state index in [0.29, 0.717) is 6.54 Å². The smallest absolute Gasteiger partial charge is 0.0840 e. The van der Waals surface area contributed by atoms with Crippen molar-refractivity contribution < 1.29 is 0 Å². The van der Waals surface area contributed by atoms with E-state index in [4.69, 9.17) is 5.26 Å². The molecule has 0 amide bonds. The molecule has 0 saturated carbocycles. The Morgan fingerprint density at radius 3 is 2.88 bits per heavy atom. The highest BCUT2D eigenvalue weighted by molar-refractivity contribution is 4.71. The van der Waals surface area contributed by atoms with Crippen molar-refractivity contribution in [3.8, 4) is 6.07 Å². The molecule has 0 atom stereocenters. The number of hydrogen-bond acceptors (Lipinski definition) is 2. The molecular weight excluding hydrogens is 100 g/mol. The second-order valence-electron chi connectivity index (χ2n) is 1.69. The van der Waals surface area contributed by atoms with Crippen molar-refractivity contribution in [3.05, 3.63) is 0 Å². The molecule has 0 aliphatic carbocycles. The second kappa shape index (κ2) is 6.45. The minimum atomic E-state index is 0.486. The molecule has 0 rings (SSSR count). The molecular formula is C6H12N2. The fraction of sp³-hybridized carbons (Fsp3) is 0.833.